The number of Topliss-reactive ketones (excluding diaryl/α,β-unsaturated/α-hetero) is 1. The monoisotopic (exact) mass is 228 g/mol. The van der Waals surface area contributed by atoms with Gasteiger partial charge in [-0.25, -0.2) is 0 Å². The van der Waals surface area contributed by atoms with Gasteiger partial charge in [0.25, 0.3) is 0 Å². The van der Waals surface area contributed by atoms with E-state index in [0.717, 1.165) is 5.56 Å². The van der Waals surface area contributed by atoms with Crippen LogP contribution in [0.2, 0.25) is 10.0 Å². The van der Waals surface area contributed by atoms with Crippen LogP contribution in [-0.4, -0.2) is 5.78 Å². The highest BCUT2D eigenvalue weighted by Crippen LogP contribution is 2.43. The second-order valence-electron chi connectivity index (χ2n) is 4.29. The van der Waals surface area contributed by atoms with Gasteiger partial charge in [0.2, 0.25) is 0 Å². The second-order valence-corrected chi connectivity index (χ2v) is 5.14. The summed E-state index contributed by atoms with van der Waals surface area (Å²) in [6.07, 6.45) is 0.516. The lowest BCUT2D eigenvalue weighted by Crippen LogP contribution is -2.13. The molecule has 0 heterocycles. The van der Waals surface area contributed by atoms with E-state index in [1.165, 1.54) is 0 Å². The number of benzene rings is 1. The number of carbonyl (C=O) groups excluding carboxylic acids is 1. The molecule has 0 aromatic heterocycles. The minimum atomic E-state index is -0.159. The summed E-state index contributed by atoms with van der Waals surface area (Å²) >= 11 is 11.9. The van der Waals surface area contributed by atoms with Gasteiger partial charge in [0.05, 0.1) is 0 Å². The molecule has 3 heteroatoms. The third-order valence-electron chi connectivity index (χ3n) is 2.63. The summed E-state index contributed by atoms with van der Waals surface area (Å²) in [6.45, 7) is 4.05. The largest absolute Gasteiger partial charge is 0.294 e. The summed E-state index contributed by atoms with van der Waals surface area (Å²) in [5.41, 5.74) is 1.47. The van der Waals surface area contributed by atoms with E-state index in [2.05, 4.69) is 0 Å². The second kappa shape index (κ2) is 2.98. The maximum Gasteiger partial charge on any atom is 0.164 e. The minimum absolute atomic E-state index is 0.134. The van der Waals surface area contributed by atoms with Gasteiger partial charge in [-0.2, -0.15) is 0 Å². The summed E-state index contributed by atoms with van der Waals surface area (Å²) in [5.74, 6) is 0.134. The van der Waals surface area contributed by atoms with Gasteiger partial charge >= 0.3 is 0 Å². The van der Waals surface area contributed by atoms with Crippen LogP contribution in [0.4, 0.5) is 0 Å². The molecule has 0 saturated heterocycles. The van der Waals surface area contributed by atoms with E-state index in [1.807, 2.05) is 13.8 Å². The van der Waals surface area contributed by atoms with Crippen LogP contribution < -0.4 is 0 Å². The average Bonchev–Trinajstić information content (AvgIpc) is 2.21. The number of hydrogen-bond donors (Lipinski definition) is 0. The summed E-state index contributed by atoms with van der Waals surface area (Å²) in [6, 6.07) is 3.40. The molecule has 0 saturated carbocycles. The Balaban J connectivity index is 2.75. The maximum atomic E-state index is 11.7. The van der Waals surface area contributed by atoms with Crippen molar-refractivity contribution in [2.45, 2.75) is 25.7 Å². The molecule has 0 bridgehead atoms. The fraction of sp³-hybridized carbons (Fsp3) is 0.364. The highest BCUT2D eigenvalue weighted by atomic mass is 35.5. The van der Waals surface area contributed by atoms with Crippen LogP contribution in [-0.2, 0) is 5.41 Å². The summed E-state index contributed by atoms with van der Waals surface area (Å²) in [5, 5.41) is 1.13. The average molecular weight is 229 g/mol. The summed E-state index contributed by atoms with van der Waals surface area (Å²) in [4.78, 5) is 11.7. The number of rotatable bonds is 0. The molecule has 0 aliphatic heterocycles. The Morgan fingerprint density at radius 3 is 2.57 bits per heavy atom. The first-order valence-electron chi connectivity index (χ1n) is 4.44. The Labute approximate surface area is 93.0 Å². The Morgan fingerprint density at radius 1 is 1.29 bits per heavy atom. The highest BCUT2D eigenvalue weighted by molar-refractivity contribution is 6.36. The SMILES string of the molecule is CC1(C)CC(=O)c2cc(Cl)cc(Cl)c21. The van der Waals surface area contributed by atoms with Crippen molar-refractivity contribution in [3.05, 3.63) is 33.3 Å². The van der Waals surface area contributed by atoms with E-state index < -0.39 is 0 Å². The molecule has 1 aromatic carbocycles. The highest BCUT2D eigenvalue weighted by Gasteiger charge is 2.37. The van der Waals surface area contributed by atoms with Gasteiger partial charge in [-0.05, 0) is 23.1 Å². The Kier molecular flexibility index (Phi) is 2.13. The zero-order valence-corrected chi connectivity index (χ0v) is 9.54. The van der Waals surface area contributed by atoms with Gasteiger partial charge in [-0.1, -0.05) is 37.0 Å². The lowest BCUT2D eigenvalue weighted by Gasteiger charge is -2.18. The van der Waals surface area contributed by atoms with E-state index in [-0.39, 0.29) is 11.2 Å². The molecule has 74 valence electrons. The Morgan fingerprint density at radius 2 is 1.93 bits per heavy atom. The molecule has 1 aromatic rings. The fourth-order valence-electron chi connectivity index (χ4n) is 2.07. The first-order chi connectivity index (χ1) is 6.42. The van der Waals surface area contributed by atoms with E-state index in [9.17, 15) is 4.79 Å². The lowest BCUT2D eigenvalue weighted by atomic mass is 9.86. The number of hydrogen-bond acceptors (Lipinski definition) is 1. The van der Waals surface area contributed by atoms with Crippen molar-refractivity contribution in [1.29, 1.82) is 0 Å². The van der Waals surface area contributed by atoms with Crippen LogP contribution in [0.1, 0.15) is 36.2 Å². The predicted molar refractivity (Wildman–Crippen MR) is 58.4 cm³/mol. The number of carbonyl (C=O) groups is 1. The van der Waals surface area contributed by atoms with Crippen molar-refractivity contribution < 1.29 is 4.79 Å². The Hall–Kier alpha value is -0.530. The maximum absolute atomic E-state index is 11.7. The molecule has 0 radical (unpaired) electrons. The van der Waals surface area contributed by atoms with E-state index in [0.29, 0.717) is 22.0 Å². The molecule has 0 amide bonds. The molecule has 0 unspecified atom stereocenters. The molecular formula is C11H10Cl2O. The van der Waals surface area contributed by atoms with Crippen molar-refractivity contribution in [3.63, 3.8) is 0 Å². The minimum Gasteiger partial charge on any atom is -0.294 e. The van der Waals surface area contributed by atoms with Crippen molar-refractivity contribution >= 4 is 29.0 Å². The molecule has 1 aliphatic rings. The van der Waals surface area contributed by atoms with Crippen LogP contribution in [0.3, 0.4) is 0 Å². The molecular weight excluding hydrogens is 219 g/mol. The molecule has 0 fully saturated rings. The van der Waals surface area contributed by atoms with Gasteiger partial charge in [-0.3, -0.25) is 4.79 Å². The molecule has 1 nitrogen and oxygen atoms in total. The van der Waals surface area contributed by atoms with Crippen molar-refractivity contribution in [3.8, 4) is 0 Å². The molecule has 14 heavy (non-hydrogen) atoms. The van der Waals surface area contributed by atoms with Gasteiger partial charge in [0.15, 0.2) is 5.78 Å². The predicted octanol–water partition coefficient (Wildman–Crippen LogP) is 3.86. The molecule has 0 spiro atoms. The van der Waals surface area contributed by atoms with Crippen molar-refractivity contribution in [2.24, 2.45) is 0 Å². The third-order valence-corrected chi connectivity index (χ3v) is 3.15. The number of halogens is 2. The molecule has 0 atom stereocenters. The zero-order chi connectivity index (χ0) is 10.5. The first-order valence-corrected chi connectivity index (χ1v) is 5.20. The first kappa shape index (κ1) is 10.0. The normalized spacial score (nSPS) is 18.4. The van der Waals surface area contributed by atoms with Crippen LogP contribution in [0.15, 0.2) is 12.1 Å². The van der Waals surface area contributed by atoms with Crippen LogP contribution in [0, 0.1) is 0 Å². The molecule has 2 rings (SSSR count). The smallest absolute Gasteiger partial charge is 0.164 e. The quantitative estimate of drug-likeness (QED) is 0.660. The molecule has 0 N–H and O–H groups in total. The lowest BCUT2D eigenvalue weighted by molar-refractivity contribution is 0.0979. The third kappa shape index (κ3) is 1.35. The van der Waals surface area contributed by atoms with E-state index in [4.69, 9.17) is 23.2 Å². The van der Waals surface area contributed by atoms with Crippen LogP contribution >= 0.6 is 23.2 Å². The Bertz CT molecular complexity index is 422. The van der Waals surface area contributed by atoms with Gasteiger partial charge in [-0.15, -0.1) is 0 Å². The van der Waals surface area contributed by atoms with Gasteiger partial charge < -0.3 is 0 Å². The standard InChI is InChI=1S/C11H10Cl2O/c1-11(2)5-9(14)7-3-6(12)4-8(13)10(7)11/h3-4H,5H2,1-2H3. The summed E-state index contributed by atoms with van der Waals surface area (Å²) < 4.78 is 0. The molecule has 1 aliphatic carbocycles. The topological polar surface area (TPSA) is 17.1 Å². The van der Waals surface area contributed by atoms with Gasteiger partial charge in [0, 0.05) is 22.0 Å². The van der Waals surface area contributed by atoms with Crippen LogP contribution in [0.25, 0.3) is 0 Å². The zero-order valence-electron chi connectivity index (χ0n) is 8.03. The van der Waals surface area contributed by atoms with Gasteiger partial charge in [0.1, 0.15) is 0 Å². The summed E-state index contributed by atoms with van der Waals surface area (Å²) in [7, 11) is 0. The van der Waals surface area contributed by atoms with E-state index in [1.54, 1.807) is 12.1 Å². The van der Waals surface area contributed by atoms with E-state index >= 15 is 0 Å². The number of ketones is 1. The fourth-order valence-corrected chi connectivity index (χ4v) is 2.82. The van der Waals surface area contributed by atoms with Crippen LogP contribution in [0.5, 0.6) is 0 Å². The number of fused-ring (bicyclic) bond motifs is 1. The van der Waals surface area contributed by atoms with Crippen molar-refractivity contribution in [1.82, 2.24) is 0 Å². The van der Waals surface area contributed by atoms with Crippen molar-refractivity contribution in [2.75, 3.05) is 0 Å².